The monoisotopic (exact) mass is 429 g/mol. The maximum atomic E-state index is 12.8. The van der Waals surface area contributed by atoms with E-state index in [1.165, 1.54) is 23.1 Å². The highest BCUT2D eigenvalue weighted by Crippen LogP contribution is 2.38. The molecule has 5 nitrogen and oxygen atoms in total. The van der Waals surface area contributed by atoms with Crippen LogP contribution in [0.1, 0.15) is 23.0 Å². The fourth-order valence-electron chi connectivity index (χ4n) is 2.96. The number of benzene rings is 2. The third-order valence-corrected chi connectivity index (χ3v) is 6.62. The summed E-state index contributed by atoms with van der Waals surface area (Å²) in [6, 6.07) is 14.7. The molecule has 1 aliphatic rings. The highest BCUT2D eigenvalue weighted by atomic mass is 35.5. The highest BCUT2D eigenvalue weighted by Gasteiger charge is 2.30. The number of fused-ring (bicyclic) bond motifs is 1. The van der Waals surface area contributed by atoms with Crippen LogP contribution in [0, 0.1) is 0 Å². The maximum Gasteiger partial charge on any atom is 0.238 e. The number of anilines is 1. The summed E-state index contributed by atoms with van der Waals surface area (Å²) in [6.07, 6.45) is 1.79. The zero-order valence-electron chi connectivity index (χ0n) is 14.6. The van der Waals surface area contributed by atoms with Gasteiger partial charge >= 0.3 is 0 Å². The van der Waals surface area contributed by atoms with Crippen LogP contribution in [0.3, 0.4) is 0 Å². The van der Waals surface area contributed by atoms with Gasteiger partial charge in [-0.05, 0) is 23.8 Å². The molecule has 0 saturated carbocycles. The van der Waals surface area contributed by atoms with E-state index in [1.807, 2.05) is 41.8 Å². The molecule has 4 rings (SSSR count). The molecule has 1 aliphatic heterocycles. The van der Waals surface area contributed by atoms with Crippen LogP contribution in [0.25, 0.3) is 0 Å². The lowest BCUT2D eigenvalue weighted by Gasteiger charge is -2.25. The molecule has 2 atom stereocenters. The number of halogens is 1. The second kappa shape index (κ2) is 8.34. The number of hydrogen-bond donors (Lipinski definition) is 2. The molecule has 2 amide bonds. The molecule has 8 heteroatoms. The number of carbonyl (C=O) groups is 2. The molecular formula is C20H16ClN3O2S2. The lowest BCUT2D eigenvalue weighted by atomic mass is 10.1. The van der Waals surface area contributed by atoms with E-state index in [2.05, 4.69) is 15.6 Å². The molecule has 2 heterocycles. The Balaban J connectivity index is 1.48. The minimum absolute atomic E-state index is 0.0767. The standard InChI is InChI=1S/C20H16ClN3O2S2/c21-13-6-7-15-14(10-13)23-19(26)16(28-15)11-17(25)24-18(20-22-8-9-27-20)12-4-2-1-3-5-12/h1-10,16,18H,11H2,(H,23,26)(H,24,25)/t16-,18-/m1/s1. The Bertz CT molecular complexity index is 996. The van der Waals surface area contributed by atoms with Gasteiger partial charge in [-0.1, -0.05) is 41.9 Å². The molecule has 0 spiro atoms. The van der Waals surface area contributed by atoms with Crippen molar-refractivity contribution < 1.29 is 9.59 Å². The second-order valence-corrected chi connectivity index (χ2v) is 8.83. The molecule has 28 heavy (non-hydrogen) atoms. The van der Waals surface area contributed by atoms with E-state index >= 15 is 0 Å². The van der Waals surface area contributed by atoms with E-state index < -0.39 is 5.25 Å². The van der Waals surface area contributed by atoms with Gasteiger partial charge in [-0.2, -0.15) is 0 Å². The van der Waals surface area contributed by atoms with Gasteiger partial charge in [-0.25, -0.2) is 4.98 Å². The van der Waals surface area contributed by atoms with Crippen molar-refractivity contribution in [3.8, 4) is 0 Å². The average molecular weight is 430 g/mol. The smallest absolute Gasteiger partial charge is 0.238 e. The molecule has 0 fully saturated rings. The molecule has 0 radical (unpaired) electrons. The summed E-state index contributed by atoms with van der Waals surface area (Å²) in [5.74, 6) is -0.394. The lowest BCUT2D eigenvalue weighted by molar-refractivity contribution is -0.124. The third-order valence-electron chi connectivity index (χ3n) is 4.27. The van der Waals surface area contributed by atoms with E-state index in [0.717, 1.165) is 15.5 Å². The van der Waals surface area contributed by atoms with Gasteiger partial charge in [0.2, 0.25) is 11.8 Å². The van der Waals surface area contributed by atoms with Crippen molar-refractivity contribution in [2.45, 2.75) is 22.6 Å². The number of nitrogens with zero attached hydrogens (tertiary/aromatic N) is 1. The summed E-state index contributed by atoms with van der Waals surface area (Å²) in [6.45, 7) is 0. The predicted molar refractivity (Wildman–Crippen MR) is 113 cm³/mol. The van der Waals surface area contributed by atoms with Crippen molar-refractivity contribution in [3.05, 3.63) is 75.7 Å². The number of amides is 2. The first-order valence-corrected chi connectivity index (χ1v) is 10.7. The molecule has 2 aromatic carbocycles. The zero-order chi connectivity index (χ0) is 19.5. The summed E-state index contributed by atoms with van der Waals surface area (Å²) in [7, 11) is 0. The van der Waals surface area contributed by atoms with Crippen molar-refractivity contribution in [1.82, 2.24) is 10.3 Å². The predicted octanol–water partition coefficient (Wildman–Crippen LogP) is 4.51. The Morgan fingerprint density at radius 3 is 2.82 bits per heavy atom. The maximum absolute atomic E-state index is 12.8. The Hall–Kier alpha value is -2.35. The number of nitrogens with one attached hydrogen (secondary N) is 2. The van der Waals surface area contributed by atoms with Gasteiger partial charge in [-0.3, -0.25) is 9.59 Å². The van der Waals surface area contributed by atoms with Crippen LogP contribution < -0.4 is 10.6 Å². The third kappa shape index (κ3) is 4.22. The van der Waals surface area contributed by atoms with Crippen LogP contribution in [0.5, 0.6) is 0 Å². The number of hydrogen-bond acceptors (Lipinski definition) is 5. The molecule has 0 bridgehead atoms. The summed E-state index contributed by atoms with van der Waals surface area (Å²) in [5, 5.41) is 8.61. The van der Waals surface area contributed by atoms with Gasteiger partial charge in [0.1, 0.15) is 11.0 Å². The van der Waals surface area contributed by atoms with Crippen molar-refractivity contribution in [1.29, 1.82) is 0 Å². The van der Waals surface area contributed by atoms with E-state index in [0.29, 0.717) is 10.7 Å². The average Bonchev–Trinajstić information content (AvgIpc) is 3.22. The molecule has 0 aliphatic carbocycles. The van der Waals surface area contributed by atoms with E-state index in [4.69, 9.17) is 11.6 Å². The number of rotatable bonds is 5. The highest BCUT2D eigenvalue weighted by molar-refractivity contribution is 8.01. The van der Waals surface area contributed by atoms with Crippen molar-refractivity contribution in [2.24, 2.45) is 0 Å². The van der Waals surface area contributed by atoms with E-state index in [-0.39, 0.29) is 24.3 Å². The summed E-state index contributed by atoms with van der Waals surface area (Å²) in [5.41, 5.74) is 1.63. The van der Waals surface area contributed by atoms with Gasteiger partial charge in [0.05, 0.1) is 10.9 Å². The van der Waals surface area contributed by atoms with E-state index in [9.17, 15) is 9.59 Å². The molecule has 0 unspecified atom stereocenters. The van der Waals surface area contributed by atoms with Crippen LogP contribution in [-0.2, 0) is 9.59 Å². The van der Waals surface area contributed by atoms with Crippen molar-refractivity contribution >= 4 is 52.2 Å². The Morgan fingerprint density at radius 1 is 1.25 bits per heavy atom. The molecular weight excluding hydrogens is 414 g/mol. The Kier molecular flexibility index (Phi) is 5.66. The number of thioether (sulfide) groups is 1. The van der Waals surface area contributed by atoms with Crippen molar-refractivity contribution in [3.63, 3.8) is 0 Å². The normalized spacial score (nSPS) is 16.8. The second-order valence-electron chi connectivity index (χ2n) is 6.22. The summed E-state index contributed by atoms with van der Waals surface area (Å²) >= 11 is 8.84. The van der Waals surface area contributed by atoms with E-state index in [1.54, 1.807) is 18.3 Å². The molecule has 0 saturated heterocycles. The summed E-state index contributed by atoms with van der Waals surface area (Å²) in [4.78, 5) is 30.4. The quantitative estimate of drug-likeness (QED) is 0.626. The number of aromatic nitrogens is 1. The first-order valence-electron chi connectivity index (χ1n) is 8.61. The minimum atomic E-state index is -0.499. The first-order chi connectivity index (χ1) is 13.6. The van der Waals surface area contributed by atoms with Gasteiger partial charge in [0.25, 0.3) is 0 Å². The zero-order valence-corrected chi connectivity index (χ0v) is 17.0. The summed E-state index contributed by atoms with van der Waals surface area (Å²) < 4.78 is 0. The minimum Gasteiger partial charge on any atom is -0.343 e. The Morgan fingerprint density at radius 2 is 2.07 bits per heavy atom. The topological polar surface area (TPSA) is 71.1 Å². The van der Waals surface area contributed by atoms with Crippen molar-refractivity contribution in [2.75, 3.05) is 5.32 Å². The van der Waals surface area contributed by atoms with Gasteiger partial charge in [-0.15, -0.1) is 23.1 Å². The molecule has 3 aromatic rings. The number of carbonyl (C=O) groups excluding carboxylic acids is 2. The molecule has 1 aromatic heterocycles. The van der Waals surface area contributed by atoms with Crippen LogP contribution in [0.4, 0.5) is 5.69 Å². The van der Waals surface area contributed by atoms with Gasteiger partial charge in [0, 0.05) is 27.9 Å². The van der Waals surface area contributed by atoms with Gasteiger partial charge in [0.15, 0.2) is 0 Å². The van der Waals surface area contributed by atoms with Crippen LogP contribution >= 0.6 is 34.7 Å². The SMILES string of the molecule is O=C(C[C@H]1Sc2ccc(Cl)cc2NC1=O)N[C@H](c1ccccc1)c1nccs1. The van der Waals surface area contributed by atoms with Crippen LogP contribution in [-0.4, -0.2) is 22.0 Å². The fraction of sp³-hybridized carbons (Fsp3) is 0.150. The fourth-order valence-corrected chi connectivity index (χ4v) is 4.93. The molecule has 2 N–H and O–H groups in total. The largest absolute Gasteiger partial charge is 0.343 e. The first kappa shape index (κ1) is 19.0. The van der Waals surface area contributed by atoms with Crippen LogP contribution in [0.2, 0.25) is 5.02 Å². The van der Waals surface area contributed by atoms with Crippen LogP contribution in [0.15, 0.2) is 65.0 Å². The lowest BCUT2D eigenvalue weighted by Crippen LogP contribution is -2.36. The Labute approximate surface area is 175 Å². The number of thiazole rings is 1. The molecule has 142 valence electrons. The van der Waals surface area contributed by atoms with Gasteiger partial charge < -0.3 is 10.6 Å².